The van der Waals surface area contributed by atoms with Crippen molar-refractivity contribution in [3.05, 3.63) is 16.1 Å². The zero-order valence-corrected chi connectivity index (χ0v) is 16.5. The van der Waals surface area contributed by atoms with Crippen LogP contribution in [0.2, 0.25) is 0 Å². The number of likely N-dealkylation sites (tertiary alicyclic amines) is 1. The third-order valence-electron chi connectivity index (χ3n) is 5.63. The normalized spacial score (nSPS) is 24.1. The number of hydrogen-bond donors (Lipinski definition) is 0. The zero-order chi connectivity index (χ0) is 17.1. The van der Waals surface area contributed by atoms with Crippen LogP contribution in [-0.2, 0) is 6.54 Å². The third kappa shape index (κ3) is 4.38. The third-order valence-corrected chi connectivity index (χ3v) is 7.65. The van der Waals surface area contributed by atoms with Gasteiger partial charge in [0.25, 0.3) is 5.91 Å². The van der Waals surface area contributed by atoms with E-state index < -0.39 is 0 Å². The zero-order valence-electron chi connectivity index (χ0n) is 14.9. The molecule has 0 atom stereocenters. The number of thiazole rings is 1. The van der Waals surface area contributed by atoms with E-state index in [-0.39, 0.29) is 5.91 Å². The topological polar surface area (TPSA) is 39.7 Å². The van der Waals surface area contributed by atoms with E-state index in [0.29, 0.717) is 0 Å². The van der Waals surface area contributed by atoms with Crippen LogP contribution in [0, 0.1) is 0 Å². The predicted octanol–water partition coefficient (Wildman–Crippen LogP) is 2.39. The van der Waals surface area contributed by atoms with Crippen LogP contribution in [0.4, 0.5) is 0 Å². The highest BCUT2D eigenvalue weighted by Crippen LogP contribution is 2.24. The lowest BCUT2D eigenvalue weighted by molar-refractivity contribution is 0.0563. The molecule has 0 aliphatic carbocycles. The van der Waals surface area contributed by atoms with Gasteiger partial charge < -0.3 is 4.90 Å². The molecular weight excluding hydrogens is 352 g/mol. The van der Waals surface area contributed by atoms with E-state index in [4.69, 9.17) is 0 Å². The van der Waals surface area contributed by atoms with Crippen molar-refractivity contribution < 1.29 is 4.79 Å². The summed E-state index contributed by atoms with van der Waals surface area (Å²) in [5.74, 6) is 2.78. The van der Waals surface area contributed by atoms with E-state index >= 15 is 0 Å². The molecule has 1 aromatic rings. The molecule has 0 spiro atoms. The number of amides is 1. The van der Waals surface area contributed by atoms with E-state index in [1.165, 1.54) is 50.3 Å². The van der Waals surface area contributed by atoms with Gasteiger partial charge in [0.15, 0.2) is 0 Å². The number of carbonyl (C=O) groups is 1. The van der Waals surface area contributed by atoms with Crippen molar-refractivity contribution in [1.82, 2.24) is 19.7 Å². The van der Waals surface area contributed by atoms with Crippen LogP contribution in [0.15, 0.2) is 6.20 Å². The fourth-order valence-corrected chi connectivity index (χ4v) is 6.12. The van der Waals surface area contributed by atoms with Crippen LogP contribution in [0.3, 0.4) is 0 Å². The Bertz CT molecular complexity index is 573. The number of nitrogens with zero attached hydrogens (tertiary/aromatic N) is 4. The Balaban J connectivity index is 1.29. The standard InChI is InChI=1S/C18H28N4OS2/c23-18(16-13-19-17(25-16)14-20-5-1-2-6-20)22-9-7-21(8-10-22)15-3-11-24-12-4-15/h13,15H,1-12,14H2. The summed E-state index contributed by atoms with van der Waals surface area (Å²) in [6.45, 7) is 7.03. The molecule has 4 rings (SSSR count). The molecule has 1 aromatic heterocycles. The lowest BCUT2D eigenvalue weighted by Crippen LogP contribution is -2.52. The van der Waals surface area contributed by atoms with Gasteiger partial charge in [-0.2, -0.15) is 11.8 Å². The van der Waals surface area contributed by atoms with Crippen molar-refractivity contribution in [3.63, 3.8) is 0 Å². The minimum absolute atomic E-state index is 0.184. The van der Waals surface area contributed by atoms with Gasteiger partial charge in [-0.15, -0.1) is 11.3 Å². The van der Waals surface area contributed by atoms with Crippen molar-refractivity contribution in [1.29, 1.82) is 0 Å². The number of rotatable bonds is 4. The maximum atomic E-state index is 12.8. The van der Waals surface area contributed by atoms with Crippen molar-refractivity contribution in [2.45, 2.75) is 38.3 Å². The molecule has 0 aromatic carbocycles. The van der Waals surface area contributed by atoms with E-state index in [1.807, 2.05) is 4.90 Å². The first-order valence-corrected chi connectivity index (χ1v) is 11.5. The summed E-state index contributed by atoms with van der Waals surface area (Å²) in [5, 5.41) is 1.09. The first-order chi connectivity index (χ1) is 12.3. The van der Waals surface area contributed by atoms with Crippen LogP contribution >= 0.6 is 23.1 Å². The van der Waals surface area contributed by atoms with Gasteiger partial charge >= 0.3 is 0 Å². The van der Waals surface area contributed by atoms with Crippen LogP contribution in [-0.4, -0.2) is 82.4 Å². The highest BCUT2D eigenvalue weighted by Gasteiger charge is 2.28. The second kappa shape index (κ2) is 8.37. The van der Waals surface area contributed by atoms with Gasteiger partial charge in [0.2, 0.25) is 0 Å². The van der Waals surface area contributed by atoms with Gasteiger partial charge in [0.05, 0.1) is 12.7 Å². The summed E-state index contributed by atoms with van der Waals surface area (Å²) < 4.78 is 0. The maximum Gasteiger partial charge on any atom is 0.265 e. The molecule has 0 bridgehead atoms. The molecule has 0 radical (unpaired) electrons. The largest absolute Gasteiger partial charge is 0.335 e. The Labute approximate surface area is 158 Å². The monoisotopic (exact) mass is 380 g/mol. The smallest absolute Gasteiger partial charge is 0.265 e. The van der Waals surface area contributed by atoms with Gasteiger partial charge in [-0.25, -0.2) is 4.98 Å². The number of carbonyl (C=O) groups excluding carboxylic acids is 1. The van der Waals surface area contributed by atoms with Crippen LogP contribution in [0.5, 0.6) is 0 Å². The van der Waals surface area contributed by atoms with Crippen LogP contribution in [0.25, 0.3) is 0 Å². The van der Waals surface area contributed by atoms with E-state index in [2.05, 4.69) is 26.5 Å². The van der Waals surface area contributed by atoms with Gasteiger partial charge in [0.1, 0.15) is 9.88 Å². The molecule has 3 saturated heterocycles. The molecule has 1 amide bonds. The summed E-state index contributed by atoms with van der Waals surface area (Å²) in [6, 6.07) is 0.744. The molecule has 4 heterocycles. The van der Waals surface area contributed by atoms with Gasteiger partial charge in [-0.05, 0) is 50.3 Å². The summed E-state index contributed by atoms with van der Waals surface area (Å²) in [6.07, 6.45) is 7.01. The average molecular weight is 381 g/mol. The number of aromatic nitrogens is 1. The van der Waals surface area contributed by atoms with Gasteiger partial charge in [-0.1, -0.05) is 0 Å². The second-order valence-electron chi connectivity index (χ2n) is 7.27. The van der Waals surface area contributed by atoms with Crippen molar-refractivity contribution >= 4 is 29.0 Å². The predicted molar refractivity (Wildman–Crippen MR) is 104 cm³/mol. The highest BCUT2D eigenvalue weighted by atomic mass is 32.2. The van der Waals surface area contributed by atoms with Crippen molar-refractivity contribution in [3.8, 4) is 0 Å². The Morgan fingerprint density at radius 3 is 2.52 bits per heavy atom. The van der Waals surface area contributed by atoms with Crippen LogP contribution < -0.4 is 0 Å². The molecule has 0 saturated carbocycles. The van der Waals surface area contributed by atoms with Crippen molar-refractivity contribution in [2.75, 3.05) is 50.8 Å². The molecule has 7 heteroatoms. The SMILES string of the molecule is O=C(c1cnc(CN2CCCC2)s1)N1CCN(C2CCSCC2)CC1. The second-order valence-corrected chi connectivity index (χ2v) is 9.61. The molecule has 5 nitrogen and oxygen atoms in total. The number of hydrogen-bond acceptors (Lipinski definition) is 6. The number of piperazine rings is 1. The van der Waals surface area contributed by atoms with Crippen LogP contribution in [0.1, 0.15) is 40.4 Å². The minimum atomic E-state index is 0.184. The van der Waals surface area contributed by atoms with Gasteiger partial charge in [-0.3, -0.25) is 14.6 Å². The first kappa shape index (κ1) is 17.8. The summed E-state index contributed by atoms with van der Waals surface area (Å²) >= 11 is 3.67. The summed E-state index contributed by atoms with van der Waals surface area (Å²) in [5.41, 5.74) is 0. The van der Waals surface area contributed by atoms with Crippen molar-refractivity contribution in [2.24, 2.45) is 0 Å². The molecule has 3 aliphatic rings. The fraction of sp³-hybridized carbons (Fsp3) is 0.778. The molecular formula is C18H28N4OS2. The Hall–Kier alpha value is -0.630. The Kier molecular flexibility index (Phi) is 5.95. The Morgan fingerprint density at radius 2 is 1.80 bits per heavy atom. The molecule has 3 aliphatic heterocycles. The van der Waals surface area contributed by atoms with E-state index in [1.54, 1.807) is 17.5 Å². The van der Waals surface area contributed by atoms with E-state index in [9.17, 15) is 4.79 Å². The lowest BCUT2D eigenvalue weighted by atomic mass is 10.1. The molecule has 0 unspecified atom stereocenters. The van der Waals surface area contributed by atoms with E-state index in [0.717, 1.165) is 48.7 Å². The highest BCUT2D eigenvalue weighted by molar-refractivity contribution is 7.99. The minimum Gasteiger partial charge on any atom is -0.335 e. The van der Waals surface area contributed by atoms with Gasteiger partial charge in [0, 0.05) is 32.2 Å². The molecule has 25 heavy (non-hydrogen) atoms. The fourth-order valence-electron chi connectivity index (χ4n) is 4.11. The summed E-state index contributed by atoms with van der Waals surface area (Å²) in [4.78, 5) is 25.2. The quantitative estimate of drug-likeness (QED) is 0.802. The Morgan fingerprint density at radius 1 is 1.08 bits per heavy atom. The lowest BCUT2D eigenvalue weighted by Gasteiger charge is -2.40. The summed E-state index contributed by atoms with van der Waals surface area (Å²) in [7, 11) is 0. The first-order valence-electron chi connectivity index (χ1n) is 9.58. The molecule has 0 N–H and O–H groups in total. The number of thioether (sulfide) groups is 1. The molecule has 3 fully saturated rings. The maximum absolute atomic E-state index is 12.8. The molecule has 138 valence electrons. The average Bonchev–Trinajstić information content (AvgIpc) is 3.35.